The van der Waals surface area contributed by atoms with Crippen LogP contribution in [-0.2, 0) is 10.0 Å². The van der Waals surface area contributed by atoms with Crippen LogP contribution in [0.25, 0.3) is 0 Å². The van der Waals surface area contributed by atoms with Crippen molar-refractivity contribution in [2.45, 2.75) is 30.0 Å². The van der Waals surface area contributed by atoms with Gasteiger partial charge in [0.1, 0.15) is 4.21 Å². The van der Waals surface area contributed by atoms with E-state index in [9.17, 15) is 8.42 Å². The van der Waals surface area contributed by atoms with Crippen molar-refractivity contribution in [2.24, 2.45) is 0 Å². The van der Waals surface area contributed by atoms with E-state index in [1.54, 1.807) is 26.0 Å². The second-order valence-electron chi connectivity index (χ2n) is 4.02. The lowest BCUT2D eigenvalue weighted by Crippen LogP contribution is -2.43. The molecule has 0 aliphatic rings. The van der Waals surface area contributed by atoms with E-state index in [0.29, 0.717) is 6.42 Å². The lowest BCUT2D eigenvalue weighted by atomic mass is 10.0. The topological polar surface area (TPSA) is 66.4 Å². The number of aliphatic hydroxyl groups is 1. The fourth-order valence-corrected chi connectivity index (χ4v) is 4.64. The lowest BCUT2D eigenvalue weighted by molar-refractivity contribution is 0.246. The number of aliphatic hydroxyl groups excluding tert-OH is 1. The number of nitrogens with one attached hydrogen (secondary N) is 1. The SMILES string of the molecule is CC(C)(CCO)NS(=O)(=O)c1ccc(Br)s1. The van der Waals surface area contributed by atoms with Gasteiger partial charge in [0.25, 0.3) is 10.0 Å². The van der Waals surface area contributed by atoms with Crippen LogP contribution in [-0.4, -0.2) is 25.7 Å². The lowest BCUT2D eigenvalue weighted by Gasteiger charge is -2.24. The van der Waals surface area contributed by atoms with Crippen LogP contribution in [0.3, 0.4) is 0 Å². The van der Waals surface area contributed by atoms with Crippen LogP contribution in [0.4, 0.5) is 0 Å². The highest BCUT2D eigenvalue weighted by atomic mass is 79.9. The van der Waals surface area contributed by atoms with E-state index < -0.39 is 15.6 Å². The van der Waals surface area contributed by atoms with Gasteiger partial charge in [0.05, 0.1) is 3.79 Å². The Hall–Kier alpha value is 0.0500. The summed E-state index contributed by atoms with van der Waals surface area (Å²) in [7, 11) is -3.49. The molecular formula is C9H14BrNO3S2. The van der Waals surface area contributed by atoms with Gasteiger partial charge < -0.3 is 5.11 Å². The average Bonchev–Trinajstić information content (AvgIpc) is 2.49. The summed E-state index contributed by atoms with van der Waals surface area (Å²) < 4.78 is 27.5. The monoisotopic (exact) mass is 327 g/mol. The van der Waals surface area contributed by atoms with Crippen LogP contribution in [0, 0.1) is 0 Å². The maximum Gasteiger partial charge on any atom is 0.250 e. The van der Waals surface area contributed by atoms with E-state index in [4.69, 9.17) is 5.11 Å². The average molecular weight is 328 g/mol. The molecule has 0 bridgehead atoms. The first-order valence-electron chi connectivity index (χ1n) is 4.67. The zero-order chi connectivity index (χ0) is 12.4. The number of halogens is 1. The molecule has 0 aliphatic carbocycles. The van der Waals surface area contributed by atoms with Crippen LogP contribution < -0.4 is 4.72 Å². The minimum atomic E-state index is -3.49. The number of thiophene rings is 1. The fourth-order valence-electron chi connectivity index (χ4n) is 1.19. The predicted octanol–water partition coefficient (Wildman–Crippen LogP) is 1.95. The molecule has 0 aromatic carbocycles. The van der Waals surface area contributed by atoms with Crippen molar-refractivity contribution in [3.63, 3.8) is 0 Å². The summed E-state index contributed by atoms with van der Waals surface area (Å²) >= 11 is 4.38. The molecule has 0 radical (unpaired) electrons. The molecule has 2 N–H and O–H groups in total. The summed E-state index contributed by atoms with van der Waals surface area (Å²) in [5.41, 5.74) is -0.649. The molecule has 0 amide bonds. The Balaban J connectivity index is 2.88. The third kappa shape index (κ3) is 3.81. The third-order valence-electron chi connectivity index (χ3n) is 1.96. The minimum absolute atomic E-state index is 0.0519. The molecule has 1 rings (SSSR count). The van der Waals surface area contributed by atoms with E-state index in [2.05, 4.69) is 20.7 Å². The zero-order valence-electron chi connectivity index (χ0n) is 9.03. The molecule has 92 valence electrons. The van der Waals surface area contributed by atoms with Crippen LogP contribution in [0.1, 0.15) is 20.3 Å². The maximum absolute atomic E-state index is 11.9. The number of hydrogen-bond acceptors (Lipinski definition) is 4. The number of hydrogen-bond donors (Lipinski definition) is 2. The smallest absolute Gasteiger partial charge is 0.250 e. The summed E-state index contributed by atoms with van der Waals surface area (Å²) in [6.07, 6.45) is 0.374. The van der Waals surface area contributed by atoms with Crippen molar-refractivity contribution < 1.29 is 13.5 Å². The highest BCUT2D eigenvalue weighted by Gasteiger charge is 2.26. The van der Waals surface area contributed by atoms with E-state index in [1.165, 1.54) is 0 Å². The van der Waals surface area contributed by atoms with Crippen molar-refractivity contribution in [3.8, 4) is 0 Å². The summed E-state index contributed by atoms with van der Waals surface area (Å²) in [5.74, 6) is 0. The summed E-state index contributed by atoms with van der Waals surface area (Å²) in [6.45, 7) is 3.43. The maximum atomic E-state index is 11.9. The Bertz CT molecular complexity index is 453. The van der Waals surface area contributed by atoms with Crippen LogP contribution in [0.5, 0.6) is 0 Å². The van der Waals surface area contributed by atoms with Gasteiger partial charge in [-0.05, 0) is 48.3 Å². The van der Waals surface area contributed by atoms with Crippen molar-refractivity contribution >= 4 is 37.3 Å². The van der Waals surface area contributed by atoms with Crippen molar-refractivity contribution in [3.05, 3.63) is 15.9 Å². The van der Waals surface area contributed by atoms with Crippen LogP contribution in [0.2, 0.25) is 0 Å². The van der Waals surface area contributed by atoms with Crippen molar-refractivity contribution in [2.75, 3.05) is 6.61 Å². The molecule has 0 fully saturated rings. The number of sulfonamides is 1. The molecule has 0 saturated carbocycles. The quantitative estimate of drug-likeness (QED) is 0.868. The molecule has 0 spiro atoms. The van der Waals surface area contributed by atoms with Gasteiger partial charge in [-0.25, -0.2) is 13.1 Å². The highest BCUT2D eigenvalue weighted by molar-refractivity contribution is 9.11. The molecule has 1 heterocycles. The van der Waals surface area contributed by atoms with Gasteiger partial charge in [-0.2, -0.15) is 0 Å². The van der Waals surface area contributed by atoms with Gasteiger partial charge in [0.2, 0.25) is 0 Å². The normalized spacial score (nSPS) is 13.0. The molecule has 16 heavy (non-hydrogen) atoms. The Morgan fingerprint density at radius 1 is 1.50 bits per heavy atom. The molecule has 0 unspecified atom stereocenters. The van der Waals surface area contributed by atoms with Crippen LogP contribution >= 0.6 is 27.3 Å². The van der Waals surface area contributed by atoms with Crippen molar-refractivity contribution in [1.82, 2.24) is 4.72 Å². The summed E-state index contributed by atoms with van der Waals surface area (Å²) in [4.78, 5) is 0. The molecular weight excluding hydrogens is 314 g/mol. The van der Waals surface area contributed by atoms with Gasteiger partial charge >= 0.3 is 0 Å². The summed E-state index contributed by atoms with van der Waals surface area (Å²) in [6, 6.07) is 3.24. The third-order valence-corrected chi connectivity index (χ3v) is 5.77. The van der Waals surface area contributed by atoms with E-state index in [-0.39, 0.29) is 10.8 Å². The molecule has 0 saturated heterocycles. The number of rotatable bonds is 5. The van der Waals surface area contributed by atoms with Gasteiger partial charge in [-0.15, -0.1) is 11.3 Å². The molecule has 0 aliphatic heterocycles. The Morgan fingerprint density at radius 3 is 2.56 bits per heavy atom. The van der Waals surface area contributed by atoms with Gasteiger partial charge in [0.15, 0.2) is 0 Å². The van der Waals surface area contributed by atoms with E-state index in [0.717, 1.165) is 15.1 Å². The molecule has 7 heteroatoms. The Morgan fingerprint density at radius 2 is 2.12 bits per heavy atom. The van der Waals surface area contributed by atoms with E-state index in [1.807, 2.05) is 0 Å². The second kappa shape index (κ2) is 5.14. The summed E-state index contributed by atoms with van der Waals surface area (Å²) in [5, 5.41) is 8.83. The largest absolute Gasteiger partial charge is 0.396 e. The van der Waals surface area contributed by atoms with E-state index >= 15 is 0 Å². The standard InChI is InChI=1S/C9H14BrNO3S2/c1-9(2,5-6-12)11-16(13,14)8-4-3-7(10)15-8/h3-4,11-12H,5-6H2,1-2H3. The predicted molar refractivity (Wildman–Crippen MR) is 68.1 cm³/mol. The van der Waals surface area contributed by atoms with Gasteiger partial charge in [-0.3, -0.25) is 0 Å². The Labute approximate surface area is 108 Å². The van der Waals surface area contributed by atoms with Gasteiger partial charge in [-0.1, -0.05) is 0 Å². The van der Waals surface area contributed by atoms with Crippen LogP contribution in [0.15, 0.2) is 20.1 Å². The molecule has 0 atom stereocenters. The Kier molecular flexibility index (Phi) is 4.53. The zero-order valence-corrected chi connectivity index (χ0v) is 12.2. The van der Waals surface area contributed by atoms with Gasteiger partial charge in [0, 0.05) is 12.1 Å². The molecule has 1 aromatic heterocycles. The first-order chi connectivity index (χ1) is 7.27. The molecule has 4 nitrogen and oxygen atoms in total. The first-order valence-corrected chi connectivity index (χ1v) is 7.76. The second-order valence-corrected chi connectivity index (χ2v) is 8.39. The highest BCUT2D eigenvalue weighted by Crippen LogP contribution is 2.27. The van der Waals surface area contributed by atoms with Crippen molar-refractivity contribution in [1.29, 1.82) is 0 Å². The fraction of sp³-hybridized carbons (Fsp3) is 0.556. The first kappa shape index (κ1) is 14.1. The molecule has 1 aromatic rings. The minimum Gasteiger partial charge on any atom is -0.396 e.